The Hall–Kier alpha value is -1.83. The molecule has 0 bridgehead atoms. The fraction of sp³-hybridized carbons (Fsp3) is 0.708. The van der Waals surface area contributed by atoms with E-state index >= 15 is 0 Å². The van der Waals surface area contributed by atoms with Crippen molar-refractivity contribution in [3.63, 3.8) is 0 Å². The standard InChI is InChI=1S/C24H41N5O2/c1-5-25-23(27-19-24(2,3)29-13-15-31-16-14-29)26-18-22(28-11-6-7-12-28)20-9-8-10-21(17-20)30-4/h8-10,17,22H,5-7,11-16,18-19H2,1-4H3,(H2,25,26,27). The van der Waals surface area contributed by atoms with Gasteiger partial charge in [-0.05, 0) is 64.4 Å². The van der Waals surface area contributed by atoms with E-state index in [9.17, 15) is 0 Å². The summed E-state index contributed by atoms with van der Waals surface area (Å²) < 4.78 is 11.0. The zero-order valence-corrected chi connectivity index (χ0v) is 19.8. The van der Waals surface area contributed by atoms with E-state index in [1.807, 2.05) is 6.07 Å². The molecule has 0 amide bonds. The lowest BCUT2D eigenvalue weighted by atomic mass is 10.0. The first-order valence-electron chi connectivity index (χ1n) is 11.8. The maximum absolute atomic E-state index is 5.52. The molecule has 0 aliphatic carbocycles. The topological polar surface area (TPSA) is 61.4 Å². The van der Waals surface area contributed by atoms with Gasteiger partial charge in [0, 0.05) is 31.7 Å². The maximum atomic E-state index is 5.52. The smallest absolute Gasteiger partial charge is 0.191 e. The minimum atomic E-state index is 0.00722. The highest BCUT2D eigenvalue weighted by Gasteiger charge is 2.28. The molecular weight excluding hydrogens is 390 g/mol. The third-order valence-electron chi connectivity index (χ3n) is 6.36. The van der Waals surface area contributed by atoms with Crippen LogP contribution in [0.1, 0.15) is 45.2 Å². The number of benzene rings is 1. The lowest BCUT2D eigenvalue weighted by molar-refractivity contribution is -0.00684. The second-order valence-corrected chi connectivity index (χ2v) is 9.02. The third-order valence-corrected chi connectivity index (χ3v) is 6.36. The minimum Gasteiger partial charge on any atom is -0.497 e. The van der Waals surface area contributed by atoms with Gasteiger partial charge in [-0.15, -0.1) is 0 Å². The second-order valence-electron chi connectivity index (χ2n) is 9.02. The molecule has 2 N–H and O–H groups in total. The summed E-state index contributed by atoms with van der Waals surface area (Å²) in [6.45, 7) is 14.9. The average molecular weight is 432 g/mol. The van der Waals surface area contributed by atoms with Crippen LogP contribution in [0.2, 0.25) is 0 Å². The van der Waals surface area contributed by atoms with Crippen molar-refractivity contribution >= 4 is 5.96 Å². The normalized spacial score (nSPS) is 19.9. The Morgan fingerprint density at radius 3 is 2.58 bits per heavy atom. The fourth-order valence-corrected chi connectivity index (χ4v) is 4.44. The lowest BCUT2D eigenvalue weighted by Gasteiger charge is -2.40. The molecule has 2 heterocycles. The highest BCUT2D eigenvalue weighted by Crippen LogP contribution is 2.27. The van der Waals surface area contributed by atoms with Gasteiger partial charge in [-0.3, -0.25) is 14.8 Å². The molecule has 1 aromatic rings. The van der Waals surface area contributed by atoms with E-state index in [-0.39, 0.29) is 5.54 Å². The highest BCUT2D eigenvalue weighted by atomic mass is 16.5. The van der Waals surface area contributed by atoms with Gasteiger partial charge in [-0.2, -0.15) is 0 Å². The zero-order valence-electron chi connectivity index (χ0n) is 19.8. The molecule has 7 heteroatoms. The number of rotatable bonds is 9. The van der Waals surface area contributed by atoms with E-state index in [4.69, 9.17) is 14.5 Å². The molecule has 174 valence electrons. The van der Waals surface area contributed by atoms with Gasteiger partial charge in [-0.25, -0.2) is 0 Å². The molecule has 0 radical (unpaired) electrons. The first kappa shape index (κ1) is 23.8. The van der Waals surface area contributed by atoms with Crippen molar-refractivity contribution in [2.75, 3.05) is 66.1 Å². The number of guanidine groups is 1. The van der Waals surface area contributed by atoms with Crippen LogP contribution in [0.25, 0.3) is 0 Å². The van der Waals surface area contributed by atoms with E-state index < -0.39 is 0 Å². The molecule has 0 aromatic heterocycles. The zero-order chi connectivity index (χ0) is 22.1. The number of nitrogens with one attached hydrogen (secondary N) is 2. The summed E-state index contributed by atoms with van der Waals surface area (Å²) in [6.07, 6.45) is 2.53. The highest BCUT2D eigenvalue weighted by molar-refractivity contribution is 5.79. The van der Waals surface area contributed by atoms with E-state index in [0.29, 0.717) is 6.04 Å². The number of nitrogens with zero attached hydrogens (tertiary/aromatic N) is 3. The Bertz CT molecular complexity index is 697. The quantitative estimate of drug-likeness (QED) is 0.463. The van der Waals surface area contributed by atoms with Gasteiger partial charge in [0.25, 0.3) is 0 Å². The van der Waals surface area contributed by atoms with E-state index in [2.05, 4.69) is 59.4 Å². The van der Waals surface area contributed by atoms with Crippen molar-refractivity contribution in [3.05, 3.63) is 29.8 Å². The first-order chi connectivity index (χ1) is 15.0. The van der Waals surface area contributed by atoms with Gasteiger partial charge in [0.15, 0.2) is 5.96 Å². The molecule has 2 fully saturated rings. The molecule has 0 spiro atoms. The molecule has 2 aliphatic heterocycles. The molecular formula is C24H41N5O2. The van der Waals surface area contributed by atoms with E-state index in [1.165, 1.54) is 18.4 Å². The van der Waals surface area contributed by atoms with Gasteiger partial charge in [-0.1, -0.05) is 12.1 Å². The van der Waals surface area contributed by atoms with Crippen LogP contribution in [0.15, 0.2) is 29.3 Å². The third kappa shape index (κ3) is 6.82. The SMILES string of the molecule is CCNC(=NCC(C)(C)N1CCOCC1)NCC(c1cccc(OC)c1)N1CCCC1. The number of methoxy groups -OCH3 is 1. The molecule has 0 saturated carbocycles. The summed E-state index contributed by atoms with van der Waals surface area (Å²) in [5.74, 6) is 1.80. The van der Waals surface area contributed by atoms with Crippen molar-refractivity contribution in [2.45, 2.75) is 45.2 Å². The van der Waals surface area contributed by atoms with Crippen LogP contribution < -0.4 is 15.4 Å². The average Bonchev–Trinajstić information content (AvgIpc) is 3.33. The maximum Gasteiger partial charge on any atom is 0.191 e. The van der Waals surface area contributed by atoms with Crippen molar-refractivity contribution in [2.24, 2.45) is 4.99 Å². The van der Waals surface area contributed by atoms with Crippen LogP contribution in [0, 0.1) is 0 Å². The largest absolute Gasteiger partial charge is 0.497 e. The Kier molecular flexibility index (Phi) is 8.99. The number of aliphatic imine (C=N–C) groups is 1. The molecule has 1 atom stereocenters. The number of likely N-dealkylation sites (tertiary alicyclic amines) is 1. The summed E-state index contributed by atoms with van der Waals surface area (Å²) in [6, 6.07) is 8.77. The fourth-order valence-electron chi connectivity index (χ4n) is 4.44. The molecule has 31 heavy (non-hydrogen) atoms. The van der Waals surface area contributed by atoms with Gasteiger partial charge in [0.05, 0.1) is 32.9 Å². The summed E-state index contributed by atoms with van der Waals surface area (Å²) >= 11 is 0. The van der Waals surface area contributed by atoms with Crippen molar-refractivity contribution in [1.82, 2.24) is 20.4 Å². The lowest BCUT2D eigenvalue weighted by Crippen LogP contribution is -2.52. The Labute approximate surface area is 188 Å². The Morgan fingerprint density at radius 2 is 1.90 bits per heavy atom. The summed E-state index contributed by atoms with van der Waals surface area (Å²) in [4.78, 5) is 10.0. The van der Waals surface area contributed by atoms with Gasteiger partial charge < -0.3 is 20.1 Å². The minimum absolute atomic E-state index is 0.00722. The van der Waals surface area contributed by atoms with Crippen LogP contribution in [0.3, 0.4) is 0 Å². The van der Waals surface area contributed by atoms with Crippen molar-refractivity contribution in [3.8, 4) is 5.75 Å². The van der Waals surface area contributed by atoms with Crippen molar-refractivity contribution in [1.29, 1.82) is 0 Å². The van der Waals surface area contributed by atoms with Crippen LogP contribution in [0.4, 0.5) is 0 Å². The van der Waals surface area contributed by atoms with Crippen LogP contribution in [0.5, 0.6) is 5.75 Å². The second kappa shape index (κ2) is 11.7. The predicted molar refractivity (Wildman–Crippen MR) is 127 cm³/mol. The summed E-state index contributed by atoms with van der Waals surface area (Å²) in [5.41, 5.74) is 1.30. The molecule has 3 rings (SSSR count). The predicted octanol–water partition coefficient (Wildman–Crippen LogP) is 2.50. The molecule has 2 saturated heterocycles. The number of ether oxygens (including phenoxy) is 2. The molecule has 2 aliphatic rings. The number of hydrogen-bond donors (Lipinski definition) is 2. The summed E-state index contributed by atoms with van der Waals surface area (Å²) in [5, 5.41) is 7.05. The van der Waals surface area contributed by atoms with Crippen molar-refractivity contribution < 1.29 is 9.47 Å². The van der Waals surface area contributed by atoms with Gasteiger partial charge in [0.1, 0.15) is 5.75 Å². The van der Waals surface area contributed by atoms with Gasteiger partial charge in [0.2, 0.25) is 0 Å². The summed E-state index contributed by atoms with van der Waals surface area (Å²) in [7, 11) is 1.73. The Morgan fingerprint density at radius 1 is 1.16 bits per heavy atom. The Balaban J connectivity index is 1.68. The number of morpholine rings is 1. The number of hydrogen-bond acceptors (Lipinski definition) is 5. The van der Waals surface area contributed by atoms with Crippen LogP contribution in [-0.2, 0) is 4.74 Å². The van der Waals surface area contributed by atoms with Crippen LogP contribution >= 0.6 is 0 Å². The van der Waals surface area contributed by atoms with Crippen LogP contribution in [-0.4, -0.2) is 87.4 Å². The molecule has 1 unspecified atom stereocenters. The first-order valence-corrected chi connectivity index (χ1v) is 11.8. The van der Waals surface area contributed by atoms with E-state index in [1.54, 1.807) is 7.11 Å². The molecule has 7 nitrogen and oxygen atoms in total. The van der Waals surface area contributed by atoms with E-state index in [0.717, 1.165) is 70.7 Å². The monoisotopic (exact) mass is 431 g/mol. The molecule has 1 aromatic carbocycles. The van der Waals surface area contributed by atoms with Gasteiger partial charge >= 0.3 is 0 Å².